The minimum Gasteiger partial charge on any atom is -0.507 e. The molecule has 0 bridgehead atoms. The van der Waals surface area contributed by atoms with E-state index in [1.54, 1.807) is 0 Å². The lowest BCUT2D eigenvalue weighted by molar-refractivity contribution is 0.288. The number of phenols is 1. The molecule has 1 N–H and O–H groups in total. The Morgan fingerprint density at radius 3 is 2.12 bits per heavy atom. The molecule has 0 aliphatic carbocycles. The van der Waals surface area contributed by atoms with Gasteiger partial charge in [0, 0.05) is 13.1 Å². The molecule has 0 amide bonds. The molecule has 0 heterocycles. The number of hydrogen-bond donors (Lipinski definition) is 1. The lowest BCUT2D eigenvalue weighted by Gasteiger charge is -2.19. The Labute approximate surface area is 98.9 Å². The van der Waals surface area contributed by atoms with E-state index in [9.17, 15) is 5.11 Å². The van der Waals surface area contributed by atoms with E-state index in [1.807, 2.05) is 13.8 Å². The van der Waals surface area contributed by atoms with Gasteiger partial charge in [-0.05, 0) is 43.5 Å². The highest BCUT2D eigenvalue weighted by Crippen LogP contribution is 2.23. The third-order valence-corrected chi connectivity index (χ3v) is 2.68. The molecule has 1 aromatic rings. The van der Waals surface area contributed by atoms with Gasteiger partial charge in [0.05, 0.1) is 0 Å². The molecule has 16 heavy (non-hydrogen) atoms. The van der Waals surface area contributed by atoms with Gasteiger partial charge in [0.1, 0.15) is 5.75 Å². The van der Waals surface area contributed by atoms with E-state index in [1.165, 1.54) is 5.56 Å². The zero-order valence-electron chi connectivity index (χ0n) is 11.0. The molecule has 2 nitrogen and oxygen atoms in total. The van der Waals surface area contributed by atoms with Crippen LogP contribution in [0.3, 0.4) is 0 Å². The molecule has 0 fully saturated rings. The van der Waals surface area contributed by atoms with Crippen molar-refractivity contribution in [3.8, 4) is 5.75 Å². The van der Waals surface area contributed by atoms with Crippen LogP contribution >= 0.6 is 0 Å². The highest BCUT2D eigenvalue weighted by atomic mass is 16.3. The highest BCUT2D eigenvalue weighted by molar-refractivity contribution is 5.42. The summed E-state index contributed by atoms with van der Waals surface area (Å²) in [5, 5.41) is 9.70. The molecule has 0 radical (unpaired) electrons. The van der Waals surface area contributed by atoms with Gasteiger partial charge in [0.25, 0.3) is 0 Å². The number of hydrogen-bond acceptors (Lipinski definition) is 2. The molecule has 2 heteroatoms. The van der Waals surface area contributed by atoms with Crippen LogP contribution in [0, 0.1) is 19.8 Å². The molecule has 90 valence electrons. The first-order chi connectivity index (χ1) is 7.40. The standard InChI is InChI=1S/C14H23NO/c1-10(2)8-15(5)9-13-6-11(3)14(16)12(4)7-13/h6-7,10,16H,8-9H2,1-5H3. The fourth-order valence-corrected chi connectivity index (χ4v) is 2.14. The SMILES string of the molecule is Cc1cc(CN(C)CC(C)C)cc(C)c1O. The van der Waals surface area contributed by atoms with Gasteiger partial charge in [-0.2, -0.15) is 0 Å². The van der Waals surface area contributed by atoms with Crippen LogP contribution in [0.2, 0.25) is 0 Å². The van der Waals surface area contributed by atoms with E-state index in [0.717, 1.165) is 24.2 Å². The Bertz CT molecular complexity index is 335. The van der Waals surface area contributed by atoms with Crippen molar-refractivity contribution in [2.45, 2.75) is 34.2 Å². The van der Waals surface area contributed by atoms with E-state index in [2.05, 4.69) is 37.9 Å². The number of benzene rings is 1. The number of aromatic hydroxyl groups is 1. The molecule has 0 aliphatic rings. The van der Waals surface area contributed by atoms with E-state index >= 15 is 0 Å². The first-order valence-electron chi connectivity index (χ1n) is 5.87. The summed E-state index contributed by atoms with van der Waals surface area (Å²) < 4.78 is 0. The van der Waals surface area contributed by atoms with Crippen molar-refractivity contribution in [2.75, 3.05) is 13.6 Å². The number of rotatable bonds is 4. The second-order valence-electron chi connectivity index (χ2n) is 5.17. The first kappa shape index (κ1) is 13.0. The summed E-state index contributed by atoms with van der Waals surface area (Å²) in [4.78, 5) is 2.32. The summed E-state index contributed by atoms with van der Waals surface area (Å²) >= 11 is 0. The third kappa shape index (κ3) is 3.53. The quantitative estimate of drug-likeness (QED) is 0.844. The third-order valence-electron chi connectivity index (χ3n) is 2.68. The van der Waals surface area contributed by atoms with Gasteiger partial charge in [-0.15, -0.1) is 0 Å². The van der Waals surface area contributed by atoms with Gasteiger partial charge in [-0.1, -0.05) is 26.0 Å². The van der Waals surface area contributed by atoms with Gasteiger partial charge in [0.15, 0.2) is 0 Å². The van der Waals surface area contributed by atoms with Gasteiger partial charge >= 0.3 is 0 Å². The molecule has 0 aromatic heterocycles. The van der Waals surface area contributed by atoms with E-state index < -0.39 is 0 Å². The number of phenolic OH excluding ortho intramolecular Hbond substituents is 1. The van der Waals surface area contributed by atoms with Crippen molar-refractivity contribution in [1.82, 2.24) is 4.90 Å². The zero-order chi connectivity index (χ0) is 12.3. The van der Waals surface area contributed by atoms with Crippen LogP contribution in [0.15, 0.2) is 12.1 Å². The van der Waals surface area contributed by atoms with E-state index in [0.29, 0.717) is 11.7 Å². The van der Waals surface area contributed by atoms with Crippen LogP contribution in [-0.4, -0.2) is 23.6 Å². The van der Waals surface area contributed by atoms with Gasteiger partial charge < -0.3 is 10.0 Å². The number of aryl methyl sites for hydroxylation is 2. The van der Waals surface area contributed by atoms with Crippen molar-refractivity contribution in [3.63, 3.8) is 0 Å². The maximum absolute atomic E-state index is 9.70. The van der Waals surface area contributed by atoms with Crippen molar-refractivity contribution in [1.29, 1.82) is 0 Å². The average Bonchev–Trinajstić information content (AvgIpc) is 2.12. The summed E-state index contributed by atoms with van der Waals surface area (Å²) in [6.07, 6.45) is 0. The second kappa shape index (κ2) is 5.35. The van der Waals surface area contributed by atoms with Gasteiger partial charge in [0.2, 0.25) is 0 Å². The molecule has 1 aromatic carbocycles. The van der Waals surface area contributed by atoms with Crippen molar-refractivity contribution in [2.24, 2.45) is 5.92 Å². The summed E-state index contributed by atoms with van der Waals surface area (Å²) in [6, 6.07) is 4.14. The lowest BCUT2D eigenvalue weighted by Crippen LogP contribution is -2.22. The minimum absolute atomic E-state index is 0.426. The topological polar surface area (TPSA) is 23.5 Å². The highest BCUT2D eigenvalue weighted by Gasteiger charge is 2.06. The maximum atomic E-state index is 9.70. The summed E-state index contributed by atoms with van der Waals surface area (Å²) in [5.74, 6) is 1.11. The van der Waals surface area contributed by atoms with Crippen molar-refractivity contribution in [3.05, 3.63) is 28.8 Å². The van der Waals surface area contributed by atoms with E-state index in [-0.39, 0.29) is 0 Å². The predicted octanol–water partition coefficient (Wildman–Crippen LogP) is 3.10. The maximum Gasteiger partial charge on any atom is 0.121 e. The smallest absolute Gasteiger partial charge is 0.121 e. The first-order valence-corrected chi connectivity index (χ1v) is 5.87. The largest absolute Gasteiger partial charge is 0.507 e. The van der Waals surface area contributed by atoms with Crippen LogP contribution in [0.1, 0.15) is 30.5 Å². The molecule has 0 atom stereocenters. The Hall–Kier alpha value is -1.02. The van der Waals surface area contributed by atoms with Gasteiger partial charge in [-0.25, -0.2) is 0 Å². The molecular formula is C14H23NO. The Balaban J connectivity index is 2.74. The summed E-state index contributed by atoms with van der Waals surface area (Å²) in [7, 11) is 2.14. The molecule has 0 saturated heterocycles. The molecule has 0 aliphatic heterocycles. The van der Waals surface area contributed by atoms with Crippen LogP contribution < -0.4 is 0 Å². The zero-order valence-corrected chi connectivity index (χ0v) is 11.0. The summed E-state index contributed by atoms with van der Waals surface area (Å²) in [5.41, 5.74) is 3.21. The minimum atomic E-state index is 0.426. The normalized spacial score (nSPS) is 11.4. The van der Waals surface area contributed by atoms with Crippen LogP contribution in [-0.2, 0) is 6.54 Å². The predicted molar refractivity (Wildman–Crippen MR) is 68.8 cm³/mol. The second-order valence-corrected chi connectivity index (χ2v) is 5.17. The Morgan fingerprint density at radius 1 is 1.19 bits per heavy atom. The van der Waals surface area contributed by atoms with Gasteiger partial charge in [-0.3, -0.25) is 0 Å². The Morgan fingerprint density at radius 2 is 1.69 bits per heavy atom. The average molecular weight is 221 g/mol. The fraction of sp³-hybridized carbons (Fsp3) is 0.571. The lowest BCUT2D eigenvalue weighted by atomic mass is 10.1. The van der Waals surface area contributed by atoms with E-state index in [4.69, 9.17) is 0 Å². The monoisotopic (exact) mass is 221 g/mol. The molecule has 0 saturated carbocycles. The Kier molecular flexibility index (Phi) is 4.36. The van der Waals surface area contributed by atoms with Crippen molar-refractivity contribution < 1.29 is 5.11 Å². The van der Waals surface area contributed by atoms with Crippen molar-refractivity contribution >= 4 is 0 Å². The van der Waals surface area contributed by atoms with Crippen LogP contribution in [0.25, 0.3) is 0 Å². The fourth-order valence-electron chi connectivity index (χ4n) is 2.14. The van der Waals surface area contributed by atoms with Crippen LogP contribution in [0.4, 0.5) is 0 Å². The molecule has 1 rings (SSSR count). The van der Waals surface area contributed by atoms with Crippen LogP contribution in [0.5, 0.6) is 5.75 Å². The molecular weight excluding hydrogens is 198 g/mol. The number of nitrogens with zero attached hydrogens (tertiary/aromatic N) is 1. The molecule has 0 unspecified atom stereocenters. The molecule has 0 spiro atoms. The summed E-state index contributed by atoms with van der Waals surface area (Å²) in [6.45, 7) is 10.4.